The lowest BCUT2D eigenvalue weighted by Gasteiger charge is -2.39. The second kappa shape index (κ2) is 9.10. The third kappa shape index (κ3) is 4.44. The van der Waals surface area contributed by atoms with Gasteiger partial charge in [0.25, 0.3) is 0 Å². The molecule has 3 aromatic rings. The minimum absolute atomic E-state index is 0.150. The highest BCUT2D eigenvalue weighted by Crippen LogP contribution is 2.26. The minimum Gasteiger partial charge on any atom is -0.497 e. The summed E-state index contributed by atoms with van der Waals surface area (Å²) in [6.45, 7) is 6.61. The van der Waals surface area contributed by atoms with Crippen LogP contribution in [0, 0.1) is 6.92 Å². The normalized spacial score (nSPS) is 16.4. The lowest BCUT2D eigenvalue weighted by molar-refractivity contribution is -0.138. The van der Waals surface area contributed by atoms with Crippen LogP contribution in [0.25, 0.3) is 11.0 Å². The van der Waals surface area contributed by atoms with Gasteiger partial charge in [0, 0.05) is 12.6 Å². The Morgan fingerprint density at radius 2 is 1.84 bits per heavy atom. The fourth-order valence-corrected chi connectivity index (χ4v) is 4.63. The maximum Gasteiger partial charge on any atom is 0.245 e. The number of benzene rings is 2. The summed E-state index contributed by atoms with van der Waals surface area (Å²) in [5.74, 6) is 1.85. The second-order valence-electron chi connectivity index (χ2n) is 8.54. The Balaban J connectivity index is 1.64. The Morgan fingerprint density at radius 1 is 1.16 bits per heavy atom. The zero-order valence-electron chi connectivity index (χ0n) is 18.9. The number of fused-ring (bicyclic) bond motifs is 1. The Labute approximate surface area is 184 Å². The third-order valence-corrected chi connectivity index (χ3v) is 6.44. The summed E-state index contributed by atoms with van der Waals surface area (Å²) in [5, 5.41) is 0. The van der Waals surface area contributed by atoms with Gasteiger partial charge in [0.1, 0.15) is 17.6 Å². The molecule has 1 amide bonds. The van der Waals surface area contributed by atoms with Crippen molar-refractivity contribution >= 4 is 16.9 Å². The Hall–Kier alpha value is -2.86. The molecule has 164 valence electrons. The second-order valence-corrected chi connectivity index (χ2v) is 8.54. The molecule has 1 aliphatic heterocycles. The lowest BCUT2D eigenvalue weighted by atomic mass is 10.0. The molecule has 0 spiro atoms. The monoisotopic (exact) mass is 420 g/mol. The molecule has 0 unspecified atom stereocenters. The van der Waals surface area contributed by atoms with Crippen LogP contribution in [-0.4, -0.2) is 58.5 Å². The van der Waals surface area contributed by atoms with Crippen molar-refractivity contribution in [2.24, 2.45) is 0 Å². The molecule has 0 radical (unpaired) electrons. The number of imidazole rings is 1. The van der Waals surface area contributed by atoms with E-state index in [1.165, 1.54) is 0 Å². The van der Waals surface area contributed by atoms with Gasteiger partial charge in [0.2, 0.25) is 5.91 Å². The van der Waals surface area contributed by atoms with Crippen LogP contribution in [0.5, 0.6) is 5.75 Å². The van der Waals surface area contributed by atoms with Crippen LogP contribution in [0.3, 0.4) is 0 Å². The van der Waals surface area contributed by atoms with E-state index in [2.05, 4.69) is 38.5 Å². The number of rotatable bonds is 6. The number of amides is 1. The molecule has 6 heteroatoms. The lowest BCUT2D eigenvalue weighted by Crippen LogP contribution is -2.48. The molecule has 2 heterocycles. The van der Waals surface area contributed by atoms with Crippen LogP contribution in [-0.2, 0) is 11.3 Å². The van der Waals surface area contributed by atoms with Crippen molar-refractivity contribution in [3.05, 3.63) is 59.9 Å². The Kier molecular flexibility index (Phi) is 6.28. The first-order chi connectivity index (χ1) is 15.0. The van der Waals surface area contributed by atoms with Crippen LogP contribution in [0.2, 0.25) is 0 Å². The molecule has 1 atom stereocenters. The molecule has 6 nitrogen and oxygen atoms in total. The van der Waals surface area contributed by atoms with E-state index >= 15 is 0 Å². The van der Waals surface area contributed by atoms with Crippen molar-refractivity contribution in [1.29, 1.82) is 0 Å². The summed E-state index contributed by atoms with van der Waals surface area (Å²) in [7, 11) is 3.82. The first kappa shape index (κ1) is 21.4. The van der Waals surface area contributed by atoms with E-state index in [1.54, 1.807) is 7.11 Å². The topological polar surface area (TPSA) is 50.6 Å². The molecule has 1 aliphatic rings. The predicted octanol–water partition coefficient (Wildman–Crippen LogP) is 4.04. The van der Waals surface area contributed by atoms with Crippen LogP contribution in [0.15, 0.2) is 48.5 Å². The minimum atomic E-state index is -0.315. The average Bonchev–Trinajstić information content (AvgIpc) is 3.13. The number of carbonyl (C=O) groups is 1. The number of carbonyl (C=O) groups excluding carboxylic acids is 1. The maximum atomic E-state index is 13.9. The highest BCUT2D eigenvalue weighted by molar-refractivity contribution is 5.84. The number of hydrogen-bond acceptors (Lipinski definition) is 4. The van der Waals surface area contributed by atoms with Gasteiger partial charge < -0.3 is 19.1 Å². The van der Waals surface area contributed by atoms with Gasteiger partial charge in [-0.15, -0.1) is 0 Å². The highest BCUT2D eigenvalue weighted by Gasteiger charge is 2.31. The molecular weight excluding hydrogens is 388 g/mol. The molecule has 1 fully saturated rings. The SMILES string of the molecule is COc1ccc(CN(C(=O)[C@H](C)n2c(C)nc3ccccc32)C2CCN(C)CC2)cc1. The number of methoxy groups -OCH3 is 1. The summed E-state index contributed by atoms with van der Waals surface area (Å²) < 4.78 is 7.37. The van der Waals surface area contributed by atoms with Crippen molar-refractivity contribution in [1.82, 2.24) is 19.4 Å². The third-order valence-electron chi connectivity index (χ3n) is 6.44. The molecule has 2 aromatic carbocycles. The maximum absolute atomic E-state index is 13.9. The van der Waals surface area contributed by atoms with Gasteiger partial charge in [-0.05, 0) is 76.7 Å². The van der Waals surface area contributed by atoms with Gasteiger partial charge in [0.15, 0.2) is 0 Å². The van der Waals surface area contributed by atoms with E-state index in [-0.39, 0.29) is 18.0 Å². The summed E-state index contributed by atoms with van der Waals surface area (Å²) in [6, 6.07) is 16.0. The number of likely N-dealkylation sites (tertiary alicyclic amines) is 1. The first-order valence-corrected chi connectivity index (χ1v) is 11.0. The summed E-state index contributed by atoms with van der Waals surface area (Å²) in [6.07, 6.45) is 1.99. The fourth-order valence-electron chi connectivity index (χ4n) is 4.63. The van der Waals surface area contributed by atoms with E-state index in [0.717, 1.165) is 54.1 Å². The molecular formula is C25H32N4O2. The number of ether oxygens (including phenoxy) is 1. The van der Waals surface area contributed by atoms with Crippen molar-refractivity contribution in [2.45, 2.75) is 45.3 Å². The zero-order chi connectivity index (χ0) is 22.0. The number of aromatic nitrogens is 2. The number of aryl methyl sites for hydroxylation is 1. The molecule has 0 N–H and O–H groups in total. The van der Waals surface area contributed by atoms with E-state index in [0.29, 0.717) is 6.54 Å². The predicted molar refractivity (Wildman–Crippen MR) is 123 cm³/mol. The molecule has 1 saturated heterocycles. The summed E-state index contributed by atoms with van der Waals surface area (Å²) in [5.41, 5.74) is 3.06. The van der Waals surface area contributed by atoms with Gasteiger partial charge in [-0.25, -0.2) is 4.98 Å². The van der Waals surface area contributed by atoms with E-state index in [4.69, 9.17) is 4.74 Å². The van der Waals surface area contributed by atoms with Crippen LogP contribution in [0.1, 0.15) is 37.2 Å². The Morgan fingerprint density at radius 3 is 2.52 bits per heavy atom. The molecule has 31 heavy (non-hydrogen) atoms. The van der Waals surface area contributed by atoms with E-state index < -0.39 is 0 Å². The molecule has 0 bridgehead atoms. The smallest absolute Gasteiger partial charge is 0.245 e. The Bertz CT molecular complexity index is 1040. The van der Waals surface area contributed by atoms with Crippen LogP contribution < -0.4 is 4.74 Å². The van der Waals surface area contributed by atoms with Gasteiger partial charge in [-0.2, -0.15) is 0 Å². The molecule has 0 saturated carbocycles. The summed E-state index contributed by atoms with van der Waals surface area (Å²) in [4.78, 5) is 23.0. The van der Waals surface area contributed by atoms with Crippen molar-refractivity contribution in [3.63, 3.8) is 0 Å². The molecule has 1 aromatic heterocycles. The number of para-hydroxylation sites is 2. The van der Waals surface area contributed by atoms with Gasteiger partial charge in [-0.3, -0.25) is 4.79 Å². The number of nitrogens with zero attached hydrogens (tertiary/aromatic N) is 4. The summed E-state index contributed by atoms with van der Waals surface area (Å²) >= 11 is 0. The van der Waals surface area contributed by atoms with Crippen molar-refractivity contribution in [2.75, 3.05) is 27.2 Å². The number of piperidine rings is 1. The largest absolute Gasteiger partial charge is 0.497 e. The molecule has 0 aliphatic carbocycles. The van der Waals surface area contributed by atoms with Crippen molar-refractivity contribution < 1.29 is 9.53 Å². The van der Waals surface area contributed by atoms with E-state index in [1.807, 2.05) is 50.2 Å². The van der Waals surface area contributed by atoms with Gasteiger partial charge >= 0.3 is 0 Å². The highest BCUT2D eigenvalue weighted by atomic mass is 16.5. The van der Waals surface area contributed by atoms with Crippen LogP contribution in [0.4, 0.5) is 0 Å². The quantitative estimate of drug-likeness (QED) is 0.604. The van der Waals surface area contributed by atoms with Crippen LogP contribution >= 0.6 is 0 Å². The number of hydrogen-bond donors (Lipinski definition) is 0. The zero-order valence-corrected chi connectivity index (χ0v) is 18.9. The van der Waals surface area contributed by atoms with Gasteiger partial charge in [-0.1, -0.05) is 24.3 Å². The van der Waals surface area contributed by atoms with E-state index in [9.17, 15) is 4.79 Å². The fraction of sp³-hybridized carbons (Fsp3) is 0.440. The molecule has 4 rings (SSSR count). The first-order valence-electron chi connectivity index (χ1n) is 11.0. The van der Waals surface area contributed by atoms with Gasteiger partial charge in [0.05, 0.1) is 18.1 Å². The standard InChI is InChI=1S/C25H32N4O2/c1-18(29-19(2)26-23-7-5-6-8-24(23)29)25(30)28(21-13-15-27(3)16-14-21)17-20-9-11-22(31-4)12-10-20/h5-12,18,21H,13-17H2,1-4H3/t18-/m0/s1. The average molecular weight is 421 g/mol. The van der Waals surface area contributed by atoms with Crippen molar-refractivity contribution in [3.8, 4) is 5.75 Å².